The van der Waals surface area contributed by atoms with Gasteiger partial charge in [0, 0.05) is 54.9 Å². The molecule has 0 saturated heterocycles. The van der Waals surface area contributed by atoms with E-state index in [0.29, 0.717) is 34.9 Å². The highest BCUT2D eigenvalue weighted by molar-refractivity contribution is 6.08. The third-order valence-corrected chi connectivity index (χ3v) is 24.9. The van der Waals surface area contributed by atoms with Crippen LogP contribution in [-0.2, 0) is 10.8 Å². The molecule has 0 spiro atoms. The first-order valence-electron chi connectivity index (χ1n) is 42.0. The van der Waals surface area contributed by atoms with Gasteiger partial charge in [-0.25, -0.2) is 29.9 Å². The molecular weight excluding hydrogens is 1510 g/mol. The lowest BCUT2D eigenvalue weighted by atomic mass is 9.67. The molecule has 580 valence electrons. The minimum absolute atomic E-state index is 0.484. The number of furan rings is 2. The molecule has 4 heterocycles. The van der Waals surface area contributed by atoms with Gasteiger partial charge < -0.3 is 8.83 Å². The quantitative estimate of drug-likeness (QED) is 0.106. The Morgan fingerprint density at radius 3 is 0.782 bits per heavy atom. The Balaban J connectivity index is 0.000000143. The van der Waals surface area contributed by atoms with Crippen LogP contribution in [0.4, 0.5) is 0 Å². The Labute approximate surface area is 717 Å². The van der Waals surface area contributed by atoms with E-state index >= 15 is 0 Å². The van der Waals surface area contributed by atoms with Crippen LogP contribution in [0, 0.1) is 0 Å². The minimum Gasteiger partial charge on any atom is -0.456 e. The highest BCUT2D eigenvalue weighted by Gasteiger charge is 2.48. The molecule has 0 atom stereocenters. The zero-order chi connectivity index (χ0) is 82.1. The number of nitrogens with zero attached hydrogens (tertiary/aromatic N) is 6. The van der Waals surface area contributed by atoms with Crippen molar-refractivity contribution >= 4 is 43.9 Å². The SMILES string of the molecule is c1ccc(-c2cccc(-c3nc(-c4ccccc4)nc(-c4ccccc4-c4ccc5c(c4)oc4cc(C6(c7ccccc7)c7ccccc7-c7ccccc76)ccc45)n3)c2)cc1.c1ccc(-c2nc(-c3ccccc3)nc(-c3cccc(-c4cccc(-c5ccc6c(c5)oc5cc(C7(c8ccccc8)c8ccccc8-c8ccccc87)ccc56)c4)c3)n2)cc1. The number of aromatic nitrogens is 6. The van der Waals surface area contributed by atoms with Crippen molar-refractivity contribution in [2.75, 3.05) is 0 Å². The summed E-state index contributed by atoms with van der Waals surface area (Å²) in [5, 5.41) is 4.36. The van der Waals surface area contributed by atoms with E-state index < -0.39 is 10.8 Å². The second kappa shape index (κ2) is 30.4. The fraction of sp³-hybridized carbons (Fsp3) is 0.0172. The summed E-state index contributed by atoms with van der Waals surface area (Å²) in [7, 11) is 0. The van der Waals surface area contributed by atoms with Crippen LogP contribution >= 0.6 is 0 Å². The fourth-order valence-electron chi connectivity index (χ4n) is 19.2. The number of benzene rings is 18. The Bertz CT molecular complexity index is 7710. The molecule has 18 aromatic carbocycles. The molecule has 8 nitrogen and oxygen atoms in total. The lowest BCUT2D eigenvalue weighted by Crippen LogP contribution is -2.28. The monoisotopic (exact) mass is 1580 g/mol. The zero-order valence-corrected chi connectivity index (χ0v) is 67.2. The molecule has 0 saturated carbocycles. The number of rotatable bonds is 14. The Morgan fingerprint density at radius 1 is 0.145 bits per heavy atom. The van der Waals surface area contributed by atoms with Gasteiger partial charge in [0.05, 0.1) is 10.8 Å². The third kappa shape index (κ3) is 12.4. The molecule has 2 aliphatic rings. The Morgan fingerprint density at radius 2 is 0.395 bits per heavy atom. The molecule has 22 aromatic rings. The zero-order valence-electron chi connectivity index (χ0n) is 67.2. The van der Waals surface area contributed by atoms with Crippen LogP contribution in [0.2, 0.25) is 0 Å². The van der Waals surface area contributed by atoms with Crippen LogP contribution in [-0.4, -0.2) is 29.9 Å². The lowest BCUT2D eigenvalue weighted by molar-refractivity contribution is 0.665. The van der Waals surface area contributed by atoms with Crippen LogP contribution in [0.15, 0.2) is 458 Å². The first kappa shape index (κ1) is 72.8. The lowest BCUT2D eigenvalue weighted by Gasteiger charge is -2.33. The Kier molecular flexibility index (Phi) is 17.9. The molecule has 2 aliphatic carbocycles. The van der Waals surface area contributed by atoms with Gasteiger partial charge in [0.2, 0.25) is 0 Å². The second-order valence-corrected chi connectivity index (χ2v) is 31.8. The number of fused-ring (bicyclic) bond motifs is 12. The largest absolute Gasteiger partial charge is 0.456 e. The van der Waals surface area contributed by atoms with E-state index in [4.69, 9.17) is 38.7 Å². The van der Waals surface area contributed by atoms with Crippen molar-refractivity contribution in [2.24, 2.45) is 0 Å². The van der Waals surface area contributed by atoms with E-state index in [1.807, 2.05) is 103 Å². The van der Waals surface area contributed by atoms with Crippen molar-refractivity contribution in [1.82, 2.24) is 29.9 Å². The minimum atomic E-state index is -0.503. The van der Waals surface area contributed by atoms with E-state index in [1.54, 1.807) is 0 Å². The van der Waals surface area contributed by atoms with E-state index in [9.17, 15) is 0 Å². The standard InChI is InChI=1S/2C58H37N3O/c1-4-16-38(17-5-1)55-59-56(39-18-6-2-7-19-39)61-57(60-55)44-23-15-22-42(35-44)40-20-14-21-41(34-40)43-30-32-49-50-33-31-46(37-54(50)62-53(49)36-43)58(45-24-8-3-9-25-45)51-28-12-10-26-47(51)48-27-11-13-29-52(48)58;1-4-17-38(18-5-1)40-21-16-22-42(35-40)56-59-55(39-19-6-2-7-20-39)60-57(61-56)50-28-11-10-25-45(50)41-31-33-48-49-34-32-44(37-54(49)62-53(48)36-41)58(43-23-8-3-9-24-43)51-29-14-12-26-46(51)47-27-13-15-30-52(47)58/h2*1-37H. The van der Waals surface area contributed by atoms with E-state index in [2.05, 4.69) is 346 Å². The summed E-state index contributed by atoms with van der Waals surface area (Å²) in [6.07, 6.45) is 0. The molecule has 0 amide bonds. The molecule has 124 heavy (non-hydrogen) atoms. The first-order chi connectivity index (χ1) is 61.4. The van der Waals surface area contributed by atoms with Crippen LogP contribution < -0.4 is 0 Å². The summed E-state index contributed by atoms with van der Waals surface area (Å²) >= 11 is 0. The normalized spacial score (nSPS) is 12.6. The second-order valence-electron chi connectivity index (χ2n) is 31.8. The molecule has 0 fully saturated rings. The van der Waals surface area contributed by atoms with Crippen molar-refractivity contribution in [3.63, 3.8) is 0 Å². The smallest absolute Gasteiger partial charge is 0.164 e. The maximum Gasteiger partial charge on any atom is 0.164 e. The van der Waals surface area contributed by atoms with Gasteiger partial charge in [0.25, 0.3) is 0 Å². The molecule has 24 rings (SSSR count). The summed E-state index contributed by atoms with van der Waals surface area (Å²) in [6, 6.07) is 158. The van der Waals surface area contributed by atoms with Gasteiger partial charge in [-0.1, -0.05) is 394 Å². The van der Waals surface area contributed by atoms with Gasteiger partial charge in [-0.3, -0.25) is 0 Å². The summed E-state index contributed by atoms with van der Waals surface area (Å²) in [5.41, 5.74) is 31.7. The maximum absolute atomic E-state index is 6.88. The van der Waals surface area contributed by atoms with E-state index in [1.165, 1.54) is 66.8 Å². The molecule has 0 radical (unpaired) electrons. The summed E-state index contributed by atoms with van der Waals surface area (Å²) in [6.45, 7) is 0. The summed E-state index contributed by atoms with van der Waals surface area (Å²) in [5.74, 6) is 3.76. The topological polar surface area (TPSA) is 104 Å². The van der Waals surface area contributed by atoms with Gasteiger partial charge in [0.1, 0.15) is 22.3 Å². The van der Waals surface area contributed by atoms with Gasteiger partial charge >= 0.3 is 0 Å². The molecule has 8 heteroatoms. The van der Waals surface area contributed by atoms with Crippen molar-refractivity contribution in [3.05, 3.63) is 493 Å². The van der Waals surface area contributed by atoms with Crippen molar-refractivity contribution in [2.45, 2.75) is 10.8 Å². The van der Waals surface area contributed by atoms with Crippen molar-refractivity contribution < 1.29 is 8.83 Å². The third-order valence-electron chi connectivity index (χ3n) is 24.9. The van der Waals surface area contributed by atoms with Gasteiger partial charge in [-0.15, -0.1) is 0 Å². The number of hydrogen-bond acceptors (Lipinski definition) is 8. The number of hydrogen-bond donors (Lipinski definition) is 0. The molecule has 0 unspecified atom stereocenters. The van der Waals surface area contributed by atoms with Crippen LogP contribution in [0.5, 0.6) is 0 Å². The predicted octanol–water partition coefficient (Wildman–Crippen LogP) is 28.9. The average Bonchev–Trinajstić information content (AvgIpc) is 1.53. The summed E-state index contributed by atoms with van der Waals surface area (Å²) in [4.78, 5) is 30.2. The first-order valence-corrected chi connectivity index (χ1v) is 42.0. The van der Waals surface area contributed by atoms with Gasteiger partial charge in [-0.2, -0.15) is 0 Å². The average molecular weight is 1580 g/mol. The molecule has 0 bridgehead atoms. The van der Waals surface area contributed by atoms with Crippen LogP contribution in [0.25, 0.3) is 179 Å². The molecular formula is C116H74N6O2. The predicted molar refractivity (Wildman–Crippen MR) is 503 cm³/mol. The fourth-order valence-corrected chi connectivity index (χ4v) is 19.2. The van der Waals surface area contributed by atoms with E-state index in [-0.39, 0.29) is 0 Å². The highest BCUT2D eigenvalue weighted by atomic mass is 16.3. The highest BCUT2D eigenvalue weighted by Crippen LogP contribution is 2.59. The maximum atomic E-state index is 6.88. The Hall–Kier alpha value is -16.4. The molecule has 0 N–H and O–H groups in total. The van der Waals surface area contributed by atoms with Crippen molar-refractivity contribution in [1.29, 1.82) is 0 Å². The molecule has 0 aliphatic heterocycles. The van der Waals surface area contributed by atoms with Crippen molar-refractivity contribution in [3.8, 4) is 135 Å². The summed E-state index contributed by atoms with van der Waals surface area (Å²) < 4.78 is 13.7. The van der Waals surface area contributed by atoms with Crippen LogP contribution in [0.1, 0.15) is 44.5 Å². The van der Waals surface area contributed by atoms with Gasteiger partial charge in [-0.05, 0) is 166 Å². The van der Waals surface area contributed by atoms with Gasteiger partial charge in [0.15, 0.2) is 34.9 Å². The van der Waals surface area contributed by atoms with Crippen LogP contribution in [0.3, 0.4) is 0 Å². The van der Waals surface area contributed by atoms with E-state index in [0.717, 1.165) is 122 Å². The molecule has 4 aromatic heterocycles.